The van der Waals surface area contributed by atoms with Crippen LogP contribution in [0.25, 0.3) is 0 Å². The lowest BCUT2D eigenvalue weighted by Gasteiger charge is -2.37. The van der Waals surface area contributed by atoms with Crippen LogP contribution in [0.2, 0.25) is 5.02 Å². The number of methoxy groups -OCH3 is 1. The predicted molar refractivity (Wildman–Crippen MR) is 99.0 cm³/mol. The molecule has 138 valence electrons. The third-order valence-electron chi connectivity index (χ3n) is 5.20. The van der Waals surface area contributed by atoms with Crippen molar-refractivity contribution in [3.05, 3.63) is 63.7 Å². The van der Waals surface area contributed by atoms with Crippen LogP contribution >= 0.6 is 11.6 Å². The molecule has 2 heterocycles. The van der Waals surface area contributed by atoms with Crippen LogP contribution in [0.15, 0.2) is 36.4 Å². The molecule has 1 atom stereocenters. The Bertz CT molecular complexity index is 924. The van der Waals surface area contributed by atoms with Crippen LogP contribution in [0.4, 0.5) is 0 Å². The van der Waals surface area contributed by atoms with Crippen molar-refractivity contribution in [3.63, 3.8) is 0 Å². The first-order valence-electron chi connectivity index (χ1n) is 8.58. The van der Waals surface area contributed by atoms with Crippen molar-refractivity contribution in [3.8, 4) is 5.75 Å². The maximum atomic E-state index is 12.8. The van der Waals surface area contributed by atoms with E-state index in [2.05, 4.69) is 0 Å². The number of fused-ring (bicyclic) bond motifs is 2. The number of imide groups is 1. The fourth-order valence-electron chi connectivity index (χ4n) is 3.88. The molecular weight excluding hydrogens is 368 g/mol. The van der Waals surface area contributed by atoms with Gasteiger partial charge in [-0.1, -0.05) is 23.7 Å². The van der Waals surface area contributed by atoms with Gasteiger partial charge in [-0.15, -0.1) is 0 Å². The highest BCUT2D eigenvalue weighted by atomic mass is 35.5. The summed E-state index contributed by atoms with van der Waals surface area (Å²) in [4.78, 5) is 40.0. The third-order valence-corrected chi connectivity index (χ3v) is 5.56. The summed E-state index contributed by atoms with van der Waals surface area (Å²) in [7, 11) is 1.54. The number of carbonyl (C=O) groups is 3. The summed E-state index contributed by atoms with van der Waals surface area (Å²) in [6, 6.07) is 9.72. The summed E-state index contributed by atoms with van der Waals surface area (Å²) in [6.07, 6.45) is 1.33. The molecule has 0 N–H and O–H groups in total. The van der Waals surface area contributed by atoms with Crippen LogP contribution in [0, 0.1) is 0 Å². The molecular formula is C20H17ClN2O4. The Morgan fingerprint density at radius 2 is 1.81 bits per heavy atom. The topological polar surface area (TPSA) is 66.9 Å². The Balaban J connectivity index is 1.76. The van der Waals surface area contributed by atoms with Gasteiger partial charge in [-0.2, -0.15) is 0 Å². The molecule has 27 heavy (non-hydrogen) atoms. The predicted octanol–water partition coefficient (Wildman–Crippen LogP) is 2.70. The van der Waals surface area contributed by atoms with Gasteiger partial charge < -0.3 is 9.64 Å². The van der Waals surface area contributed by atoms with Crippen molar-refractivity contribution >= 4 is 29.8 Å². The Hall–Kier alpha value is -2.86. The van der Waals surface area contributed by atoms with Gasteiger partial charge in [0.05, 0.1) is 30.8 Å². The van der Waals surface area contributed by atoms with Gasteiger partial charge in [0.1, 0.15) is 5.75 Å². The van der Waals surface area contributed by atoms with E-state index >= 15 is 0 Å². The molecule has 0 aromatic heterocycles. The lowest BCUT2D eigenvalue weighted by atomic mass is 9.91. The van der Waals surface area contributed by atoms with E-state index in [0.29, 0.717) is 34.9 Å². The second kappa shape index (κ2) is 6.70. The quantitative estimate of drug-likeness (QED) is 0.600. The average Bonchev–Trinajstić information content (AvgIpc) is 2.94. The van der Waals surface area contributed by atoms with Gasteiger partial charge in [-0.05, 0) is 36.2 Å². The Morgan fingerprint density at radius 3 is 2.41 bits per heavy atom. The minimum atomic E-state index is -0.512. The smallest absolute Gasteiger partial charge is 0.261 e. The third kappa shape index (κ3) is 2.68. The SMILES string of the molecule is COc1ccc(Cl)c2c1C(CN1C(=O)c3ccccc3C1=O)N(C=O)CC2. The molecule has 7 heteroatoms. The molecule has 0 fully saturated rings. The van der Waals surface area contributed by atoms with E-state index in [1.165, 1.54) is 4.90 Å². The van der Waals surface area contributed by atoms with E-state index in [9.17, 15) is 14.4 Å². The van der Waals surface area contributed by atoms with Crippen LogP contribution in [-0.2, 0) is 11.2 Å². The second-order valence-corrected chi connectivity index (χ2v) is 6.92. The zero-order valence-corrected chi connectivity index (χ0v) is 15.4. The van der Waals surface area contributed by atoms with Crippen molar-refractivity contribution in [1.29, 1.82) is 0 Å². The largest absolute Gasteiger partial charge is 0.496 e. The summed E-state index contributed by atoms with van der Waals surface area (Å²) in [6.45, 7) is 0.506. The van der Waals surface area contributed by atoms with Crippen molar-refractivity contribution in [2.24, 2.45) is 0 Å². The van der Waals surface area contributed by atoms with Crippen molar-refractivity contribution in [2.75, 3.05) is 20.2 Å². The van der Waals surface area contributed by atoms with E-state index in [1.807, 2.05) is 0 Å². The van der Waals surface area contributed by atoms with Crippen LogP contribution in [0.1, 0.15) is 37.9 Å². The lowest BCUT2D eigenvalue weighted by molar-refractivity contribution is -0.121. The lowest BCUT2D eigenvalue weighted by Crippen LogP contribution is -2.43. The summed E-state index contributed by atoms with van der Waals surface area (Å²) in [5.74, 6) is -0.119. The van der Waals surface area contributed by atoms with E-state index in [0.717, 1.165) is 17.5 Å². The molecule has 1 unspecified atom stereocenters. The minimum absolute atomic E-state index is 0.0504. The van der Waals surface area contributed by atoms with Gasteiger partial charge in [0.25, 0.3) is 11.8 Å². The number of hydrogen-bond donors (Lipinski definition) is 0. The maximum absolute atomic E-state index is 12.8. The summed E-state index contributed by atoms with van der Waals surface area (Å²) < 4.78 is 5.48. The number of hydrogen-bond acceptors (Lipinski definition) is 4. The Labute approximate surface area is 161 Å². The minimum Gasteiger partial charge on any atom is -0.496 e. The van der Waals surface area contributed by atoms with Crippen LogP contribution in [0.3, 0.4) is 0 Å². The first-order valence-corrected chi connectivity index (χ1v) is 8.96. The second-order valence-electron chi connectivity index (χ2n) is 6.52. The molecule has 0 spiro atoms. The molecule has 4 rings (SSSR count). The van der Waals surface area contributed by atoms with Gasteiger partial charge in [-0.3, -0.25) is 19.3 Å². The van der Waals surface area contributed by atoms with E-state index in [-0.39, 0.29) is 18.4 Å². The first-order chi connectivity index (χ1) is 13.1. The molecule has 2 aliphatic rings. The summed E-state index contributed by atoms with van der Waals surface area (Å²) >= 11 is 6.36. The molecule has 0 aliphatic carbocycles. The maximum Gasteiger partial charge on any atom is 0.261 e. The van der Waals surface area contributed by atoms with E-state index < -0.39 is 6.04 Å². The van der Waals surface area contributed by atoms with Gasteiger partial charge >= 0.3 is 0 Å². The number of amides is 3. The van der Waals surface area contributed by atoms with E-state index in [4.69, 9.17) is 16.3 Å². The molecule has 0 radical (unpaired) electrons. The molecule has 2 aromatic rings. The van der Waals surface area contributed by atoms with Crippen LogP contribution in [-0.4, -0.2) is 48.2 Å². The van der Waals surface area contributed by atoms with Crippen molar-refractivity contribution in [2.45, 2.75) is 12.5 Å². The van der Waals surface area contributed by atoms with Crippen LogP contribution < -0.4 is 4.74 Å². The average molecular weight is 385 g/mol. The van der Waals surface area contributed by atoms with Gasteiger partial charge in [0.15, 0.2) is 0 Å². The molecule has 0 saturated carbocycles. The number of halogens is 1. The summed E-state index contributed by atoms with van der Waals surface area (Å²) in [5.41, 5.74) is 2.40. The Morgan fingerprint density at radius 1 is 1.15 bits per heavy atom. The molecule has 6 nitrogen and oxygen atoms in total. The van der Waals surface area contributed by atoms with E-state index in [1.54, 1.807) is 48.4 Å². The first kappa shape index (κ1) is 17.5. The fraction of sp³-hybridized carbons (Fsp3) is 0.250. The highest BCUT2D eigenvalue weighted by Gasteiger charge is 2.40. The number of rotatable bonds is 4. The number of carbonyl (C=O) groups excluding carboxylic acids is 3. The number of benzene rings is 2. The number of nitrogens with zero attached hydrogens (tertiary/aromatic N) is 2. The standard InChI is InChI=1S/C20H17ClN2O4/c1-27-17-7-6-15(21)14-8-9-22(11-24)16(18(14)17)10-23-19(25)12-4-2-3-5-13(12)20(23)26/h2-7,11,16H,8-10H2,1H3. The zero-order valence-electron chi connectivity index (χ0n) is 14.6. The zero-order chi connectivity index (χ0) is 19.1. The van der Waals surface area contributed by atoms with Crippen molar-refractivity contribution in [1.82, 2.24) is 9.80 Å². The van der Waals surface area contributed by atoms with Gasteiger partial charge in [0.2, 0.25) is 6.41 Å². The van der Waals surface area contributed by atoms with Gasteiger partial charge in [-0.25, -0.2) is 0 Å². The van der Waals surface area contributed by atoms with Gasteiger partial charge in [0, 0.05) is 17.1 Å². The normalized spacial score (nSPS) is 18.4. The summed E-state index contributed by atoms with van der Waals surface area (Å²) in [5, 5.41) is 0.587. The van der Waals surface area contributed by atoms with Crippen molar-refractivity contribution < 1.29 is 19.1 Å². The Kier molecular flexibility index (Phi) is 4.36. The molecule has 3 amide bonds. The molecule has 0 saturated heterocycles. The number of ether oxygens (including phenoxy) is 1. The monoisotopic (exact) mass is 384 g/mol. The molecule has 2 aliphatic heterocycles. The fourth-order valence-corrected chi connectivity index (χ4v) is 4.14. The highest BCUT2D eigenvalue weighted by Crippen LogP contribution is 2.40. The highest BCUT2D eigenvalue weighted by molar-refractivity contribution is 6.31. The van der Waals surface area contributed by atoms with Crippen LogP contribution in [0.5, 0.6) is 5.75 Å². The molecule has 2 aromatic carbocycles. The molecule has 0 bridgehead atoms.